The van der Waals surface area contributed by atoms with Gasteiger partial charge in [0.25, 0.3) is 0 Å². The molecule has 0 unspecified atom stereocenters. The van der Waals surface area contributed by atoms with Gasteiger partial charge in [-0.2, -0.15) is 12.6 Å². The summed E-state index contributed by atoms with van der Waals surface area (Å²) in [7, 11) is 0. The van der Waals surface area contributed by atoms with Crippen molar-refractivity contribution in [1.82, 2.24) is 5.32 Å². The molecule has 1 aromatic rings. The first-order valence-electron chi connectivity index (χ1n) is 4.95. The lowest BCUT2D eigenvalue weighted by molar-refractivity contribution is -0.120. The Kier molecular flexibility index (Phi) is 5.25. The van der Waals surface area contributed by atoms with Crippen LogP contribution >= 0.6 is 12.6 Å². The average Bonchev–Trinajstić information content (AvgIpc) is 2.23. The molecule has 0 aliphatic rings. The van der Waals surface area contributed by atoms with E-state index in [2.05, 4.69) is 17.9 Å². The second-order valence-electron chi connectivity index (χ2n) is 3.31. The van der Waals surface area contributed by atoms with Crippen LogP contribution < -0.4 is 5.32 Å². The van der Waals surface area contributed by atoms with Crippen molar-refractivity contribution in [3.05, 3.63) is 35.4 Å². The van der Waals surface area contributed by atoms with Crippen LogP contribution in [0.25, 0.3) is 0 Å². The van der Waals surface area contributed by atoms with Crippen LogP contribution in [-0.4, -0.2) is 18.2 Å². The number of benzene rings is 1. The Morgan fingerprint density at radius 1 is 1.38 bits per heavy atom. The summed E-state index contributed by atoms with van der Waals surface area (Å²) in [4.78, 5) is 11.1. The molecule has 16 heavy (non-hydrogen) atoms. The van der Waals surface area contributed by atoms with Gasteiger partial charge in [0.1, 0.15) is 11.6 Å². The van der Waals surface area contributed by atoms with Crippen LogP contribution in [0.3, 0.4) is 0 Å². The van der Waals surface area contributed by atoms with E-state index in [1.54, 1.807) is 0 Å². The molecule has 0 fully saturated rings. The van der Waals surface area contributed by atoms with Crippen LogP contribution in [0, 0.1) is 11.6 Å². The summed E-state index contributed by atoms with van der Waals surface area (Å²) in [5, 5.41) is 2.60. The highest BCUT2D eigenvalue weighted by molar-refractivity contribution is 7.80. The highest BCUT2D eigenvalue weighted by Gasteiger charge is 2.04. The van der Waals surface area contributed by atoms with E-state index in [4.69, 9.17) is 0 Å². The molecule has 88 valence electrons. The molecule has 0 spiro atoms. The molecule has 0 radical (unpaired) electrons. The molecule has 1 N–H and O–H groups in total. The van der Waals surface area contributed by atoms with Gasteiger partial charge in [0.15, 0.2) is 0 Å². The van der Waals surface area contributed by atoms with Gasteiger partial charge in [-0.25, -0.2) is 8.78 Å². The van der Waals surface area contributed by atoms with Gasteiger partial charge in [-0.1, -0.05) is 0 Å². The Hall–Kier alpha value is -1.10. The first kappa shape index (κ1) is 13.0. The Morgan fingerprint density at radius 2 is 2.12 bits per heavy atom. The maximum absolute atomic E-state index is 13.2. The van der Waals surface area contributed by atoms with Crippen LogP contribution in [0.2, 0.25) is 0 Å². The molecule has 0 bridgehead atoms. The van der Waals surface area contributed by atoms with Crippen molar-refractivity contribution in [3.63, 3.8) is 0 Å². The highest BCUT2D eigenvalue weighted by Crippen LogP contribution is 2.09. The largest absolute Gasteiger partial charge is 0.356 e. The quantitative estimate of drug-likeness (QED) is 0.763. The van der Waals surface area contributed by atoms with E-state index in [1.165, 1.54) is 0 Å². The molecule has 0 aliphatic heterocycles. The zero-order chi connectivity index (χ0) is 12.0. The van der Waals surface area contributed by atoms with Crippen molar-refractivity contribution < 1.29 is 13.6 Å². The third-order valence-corrected chi connectivity index (χ3v) is 2.29. The van der Waals surface area contributed by atoms with E-state index in [9.17, 15) is 13.6 Å². The number of amides is 1. The van der Waals surface area contributed by atoms with Gasteiger partial charge in [0, 0.05) is 13.0 Å². The molecular formula is C11H13F2NOS. The van der Waals surface area contributed by atoms with Crippen LogP contribution in [0.5, 0.6) is 0 Å². The van der Waals surface area contributed by atoms with Gasteiger partial charge in [0.2, 0.25) is 5.91 Å². The van der Waals surface area contributed by atoms with Crippen molar-refractivity contribution in [2.45, 2.75) is 12.8 Å². The van der Waals surface area contributed by atoms with E-state index in [0.29, 0.717) is 18.7 Å². The van der Waals surface area contributed by atoms with Crippen molar-refractivity contribution in [3.8, 4) is 0 Å². The fourth-order valence-electron chi connectivity index (χ4n) is 1.26. The first-order valence-corrected chi connectivity index (χ1v) is 5.58. The third kappa shape index (κ3) is 4.18. The van der Waals surface area contributed by atoms with Crippen molar-refractivity contribution in [2.24, 2.45) is 0 Å². The molecule has 1 rings (SSSR count). The van der Waals surface area contributed by atoms with Gasteiger partial charge >= 0.3 is 0 Å². The maximum atomic E-state index is 13.2. The van der Waals surface area contributed by atoms with E-state index in [1.807, 2.05) is 0 Å². The van der Waals surface area contributed by atoms with E-state index in [-0.39, 0.29) is 17.9 Å². The predicted octanol–water partition coefficient (Wildman–Crippen LogP) is 1.94. The van der Waals surface area contributed by atoms with E-state index < -0.39 is 11.6 Å². The number of hydrogen-bond donors (Lipinski definition) is 2. The molecular weight excluding hydrogens is 232 g/mol. The summed E-state index contributed by atoms with van der Waals surface area (Å²) < 4.78 is 25.9. The fourth-order valence-corrected chi connectivity index (χ4v) is 1.46. The molecule has 0 saturated heterocycles. The number of carbonyl (C=O) groups is 1. The van der Waals surface area contributed by atoms with E-state index >= 15 is 0 Å². The van der Waals surface area contributed by atoms with Crippen LogP contribution in [0.15, 0.2) is 18.2 Å². The molecule has 0 heterocycles. The average molecular weight is 245 g/mol. The minimum Gasteiger partial charge on any atom is -0.356 e. The maximum Gasteiger partial charge on any atom is 0.220 e. The molecule has 0 aliphatic carbocycles. The monoisotopic (exact) mass is 245 g/mol. The van der Waals surface area contributed by atoms with Crippen LogP contribution in [0.1, 0.15) is 12.0 Å². The van der Waals surface area contributed by atoms with Crippen molar-refractivity contribution in [2.75, 3.05) is 12.3 Å². The van der Waals surface area contributed by atoms with Gasteiger partial charge in [-0.15, -0.1) is 0 Å². The second kappa shape index (κ2) is 6.48. The Labute approximate surface area is 98.5 Å². The summed E-state index contributed by atoms with van der Waals surface area (Å²) in [5.74, 6) is -0.588. The summed E-state index contributed by atoms with van der Waals surface area (Å²) in [6.45, 7) is 0.299. The van der Waals surface area contributed by atoms with Gasteiger partial charge in [-0.3, -0.25) is 4.79 Å². The Balaban J connectivity index is 2.42. The molecule has 0 saturated carbocycles. The minimum absolute atomic E-state index is 0.133. The van der Waals surface area contributed by atoms with E-state index in [0.717, 1.165) is 18.2 Å². The molecule has 0 aromatic heterocycles. The molecule has 2 nitrogen and oxygen atoms in total. The normalized spacial score (nSPS) is 10.2. The SMILES string of the molecule is O=C(CCS)NCCc1cc(F)ccc1F. The number of thiol groups is 1. The minimum atomic E-state index is -0.474. The number of hydrogen-bond acceptors (Lipinski definition) is 2. The summed E-state index contributed by atoms with van der Waals surface area (Å²) >= 11 is 3.91. The summed E-state index contributed by atoms with van der Waals surface area (Å²) in [6.07, 6.45) is 0.608. The summed E-state index contributed by atoms with van der Waals surface area (Å²) in [5.41, 5.74) is 0.270. The van der Waals surface area contributed by atoms with Gasteiger partial charge < -0.3 is 5.32 Å². The standard InChI is InChI=1S/C11H13F2NOS/c12-9-1-2-10(13)8(7-9)3-5-14-11(15)4-6-16/h1-2,7,16H,3-6H2,(H,14,15). The first-order chi connectivity index (χ1) is 7.63. The lowest BCUT2D eigenvalue weighted by Crippen LogP contribution is -2.25. The third-order valence-electron chi connectivity index (χ3n) is 2.06. The lowest BCUT2D eigenvalue weighted by atomic mass is 10.1. The Morgan fingerprint density at radius 3 is 2.81 bits per heavy atom. The zero-order valence-corrected chi connectivity index (χ0v) is 9.57. The smallest absolute Gasteiger partial charge is 0.220 e. The predicted molar refractivity (Wildman–Crippen MR) is 61.5 cm³/mol. The van der Waals surface area contributed by atoms with Gasteiger partial charge in [0.05, 0.1) is 0 Å². The number of nitrogens with one attached hydrogen (secondary N) is 1. The zero-order valence-electron chi connectivity index (χ0n) is 8.67. The molecule has 1 amide bonds. The van der Waals surface area contributed by atoms with Gasteiger partial charge in [-0.05, 0) is 35.9 Å². The van der Waals surface area contributed by atoms with Crippen LogP contribution in [0.4, 0.5) is 8.78 Å². The lowest BCUT2D eigenvalue weighted by Gasteiger charge is -2.05. The topological polar surface area (TPSA) is 29.1 Å². The summed E-state index contributed by atoms with van der Waals surface area (Å²) in [6, 6.07) is 3.29. The number of rotatable bonds is 5. The number of halogens is 2. The number of carbonyl (C=O) groups excluding carboxylic acids is 1. The van der Waals surface area contributed by atoms with Crippen molar-refractivity contribution >= 4 is 18.5 Å². The Bertz CT molecular complexity index is 371. The molecule has 1 aromatic carbocycles. The molecule has 5 heteroatoms. The second-order valence-corrected chi connectivity index (χ2v) is 3.76. The highest BCUT2D eigenvalue weighted by atomic mass is 32.1. The fraction of sp³-hybridized carbons (Fsp3) is 0.364. The molecule has 0 atom stereocenters. The van der Waals surface area contributed by atoms with Crippen LogP contribution in [-0.2, 0) is 11.2 Å². The van der Waals surface area contributed by atoms with Crippen molar-refractivity contribution in [1.29, 1.82) is 0 Å².